The van der Waals surface area contributed by atoms with Gasteiger partial charge in [-0.25, -0.2) is 19.4 Å². The van der Waals surface area contributed by atoms with Crippen molar-refractivity contribution < 1.29 is 9.90 Å². The number of pyridine rings is 1. The Bertz CT molecular complexity index is 1310. The summed E-state index contributed by atoms with van der Waals surface area (Å²) in [6.45, 7) is 5.87. The SMILES string of the molecule is Cc1cc(NC(c2ccc(Cl)cc2)c2c(C(=O)O)nc(Br)n2C(C)C)nc2c1nnn2C. The minimum atomic E-state index is -1.11. The molecule has 0 radical (unpaired) electrons. The minimum Gasteiger partial charge on any atom is -0.476 e. The van der Waals surface area contributed by atoms with E-state index in [-0.39, 0.29) is 11.7 Å². The summed E-state index contributed by atoms with van der Waals surface area (Å²) in [6, 6.07) is 8.50. The predicted molar refractivity (Wildman–Crippen MR) is 125 cm³/mol. The molecule has 0 saturated carbocycles. The van der Waals surface area contributed by atoms with Gasteiger partial charge in [-0.1, -0.05) is 28.9 Å². The van der Waals surface area contributed by atoms with Crippen LogP contribution >= 0.6 is 27.5 Å². The topological polar surface area (TPSA) is 111 Å². The van der Waals surface area contributed by atoms with E-state index in [2.05, 4.69) is 41.5 Å². The zero-order valence-electron chi connectivity index (χ0n) is 17.8. The van der Waals surface area contributed by atoms with Crippen LogP contribution in [0, 0.1) is 6.92 Å². The standard InChI is InChI=1S/C21H21BrClN7O2/c1-10(2)30-18(17(20(31)32)26-21(30)22)16(12-5-7-13(23)8-6-12)24-14-9-11(3)15-19(25-14)29(4)28-27-15/h5-10,16H,1-4H3,(H,24,25)(H,31,32). The average molecular weight is 519 g/mol. The zero-order chi connectivity index (χ0) is 23.2. The summed E-state index contributed by atoms with van der Waals surface area (Å²) in [5.41, 5.74) is 3.51. The highest BCUT2D eigenvalue weighted by Crippen LogP contribution is 2.34. The molecule has 9 nitrogen and oxygen atoms in total. The lowest BCUT2D eigenvalue weighted by Gasteiger charge is -2.24. The van der Waals surface area contributed by atoms with Crippen LogP contribution in [0.15, 0.2) is 35.1 Å². The Morgan fingerprint density at radius 3 is 2.53 bits per heavy atom. The van der Waals surface area contributed by atoms with Gasteiger partial charge in [0.2, 0.25) is 0 Å². The number of benzene rings is 1. The molecular formula is C21H21BrClN7O2. The van der Waals surface area contributed by atoms with Crippen LogP contribution in [0.5, 0.6) is 0 Å². The molecule has 0 saturated heterocycles. The fourth-order valence-corrected chi connectivity index (χ4v) is 4.58. The van der Waals surface area contributed by atoms with Crippen LogP contribution in [0.2, 0.25) is 5.02 Å². The van der Waals surface area contributed by atoms with Gasteiger partial charge in [-0.05, 0) is 66.0 Å². The van der Waals surface area contributed by atoms with E-state index in [0.29, 0.717) is 32.4 Å². The van der Waals surface area contributed by atoms with E-state index in [1.165, 1.54) is 0 Å². The highest BCUT2D eigenvalue weighted by Gasteiger charge is 2.30. The maximum absolute atomic E-state index is 12.1. The summed E-state index contributed by atoms with van der Waals surface area (Å²) in [5, 5.41) is 22.1. The predicted octanol–water partition coefficient (Wildman–Crippen LogP) is 4.76. The number of fused-ring (bicyclic) bond motifs is 1. The summed E-state index contributed by atoms with van der Waals surface area (Å²) in [6.07, 6.45) is 0. The number of nitrogens with one attached hydrogen (secondary N) is 1. The van der Waals surface area contributed by atoms with E-state index in [1.807, 2.05) is 43.5 Å². The number of halogens is 2. The van der Waals surface area contributed by atoms with Crippen LogP contribution in [-0.4, -0.2) is 40.6 Å². The number of carboxylic acids is 1. The van der Waals surface area contributed by atoms with Crippen molar-refractivity contribution in [2.24, 2.45) is 7.05 Å². The van der Waals surface area contributed by atoms with E-state index < -0.39 is 12.0 Å². The van der Waals surface area contributed by atoms with Gasteiger partial charge in [0.1, 0.15) is 11.3 Å². The Balaban J connectivity index is 1.93. The smallest absolute Gasteiger partial charge is 0.356 e. The highest BCUT2D eigenvalue weighted by molar-refractivity contribution is 9.10. The zero-order valence-corrected chi connectivity index (χ0v) is 20.2. The molecule has 0 amide bonds. The monoisotopic (exact) mass is 517 g/mol. The van der Waals surface area contributed by atoms with Crippen molar-refractivity contribution in [2.75, 3.05) is 5.32 Å². The molecular weight excluding hydrogens is 498 g/mol. The number of aromatic carboxylic acids is 1. The molecule has 2 N–H and O–H groups in total. The van der Waals surface area contributed by atoms with Crippen molar-refractivity contribution in [3.8, 4) is 0 Å². The molecule has 32 heavy (non-hydrogen) atoms. The lowest BCUT2D eigenvalue weighted by atomic mass is 10.0. The van der Waals surface area contributed by atoms with Gasteiger partial charge in [0.25, 0.3) is 0 Å². The third kappa shape index (κ3) is 3.95. The first-order valence-corrected chi connectivity index (χ1v) is 11.0. The van der Waals surface area contributed by atoms with Crippen LogP contribution in [-0.2, 0) is 7.05 Å². The molecule has 4 aromatic rings. The molecule has 1 atom stereocenters. The summed E-state index contributed by atoms with van der Waals surface area (Å²) < 4.78 is 3.89. The third-order valence-electron chi connectivity index (χ3n) is 5.14. The average Bonchev–Trinajstić information content (AvgIpc) is 3.27. The van der Waals surface area contributed by atoms with Crippen LogP contribution < -0.4 is 5.32 Å². The number of anilines is 1. The van der Waals surface area contributed by atoms with Crippen molar-refractivity contribution in [1.29, 1.82) is 0 Å². The molecule has 11 heteroatoms. The van der Waals surface area contributed by atoms with Gasteiger partial charge >= 0.3 is 5.97 Å². The molecule has 3 aromatic heterocycles. The van der Waals surface area contributed by atoms with E-state index in [9.17, 15) is 9.90 Å². The summed E-state index contributed by atoms with van der Waals surface area (Å²) >= 11 is 9.54. The van der Waals surface area contributed by atoms with E-state index in [0.717, 1.165) is 11.1 Å². The first-order valence-electron chi connectivity index (χ1n) is 9.87. The number of carboxylic acid groups (broad SMARTS) is 1. The number of hydrogen-bond donors (Lipinski definition) is 2. The van der Waals surface area contributed by atoms with E-state index in [1.54, 1.807) is 23.9 Å². The fourth-order valence-electron chi connectivity index (χ4n) is 3.68. The van der Waals surface area contributed by atoms with Gasteiger partial charge in [-0.2, -0.15) is 0 Å². The lowest BCUT2D eigenvalue weighted by Crippen LogP contribution is -2.21. The second-order valence-electron chi connectivity index (χ2n) is 7.72. The summed E-state index contributed by atoms with van der Waals surface area (Å²) in [4.78, 5) is 21.1. The second kappa shape index (κ2) is 8.51. The number of hydrogen-bond acceptors (Lipinski definition) is 6. The molecule has 0 aliphatic rings. The quantitative estimate of drug-likeness (QED) is 0.378. The maximum atomic E-state index is 12.1. The van der Waals surface area contributed by atoms with Crippen molar-refractivity contribution in [3.05, 3.63) is 62.6 Å². The molecule has 0 bridgehead atoms. The Morgan fingerprint density at radius 1 is 1.22 bits per heavy atom. The molecule has 4 rings (SSSR count). The molecule has 0 fully saturated rings. The van der Waals surface area contributed by atoms with Gasteiger partial charge in [-0.15, -0.1) is 5.10 Å². The van der Waals surface area contributed by atoms with Crippen LogP contribution in [0.1, 0.15) is 53.2 Å². The van der Waals surface area contributed by atoms with Gasteiger partial charge in [0, 0.05) is 18.1 Å². The Kier molecular flexibility index (Phi) is 5.91. The first kappa shape index (κ1) is 22.2. The summed E-state index contributed by atoms with van der Waals surface area (Å²) in [7, 11) is 1.77. The number of aryl methyl sites for hydroxylation is 2. The van der Waals surface area contributed by atoms with Gasteiger partial charge in [-0.3, -0.25) is 0 Å². The first-order chi connectivity index (χ1) is 15.2. The third-order valence-corrected chi connectivity index (χ3v) is 5.95. The molecule has 1 aromatic carbocycles. The van der Waals surface area contributed by atoms with Crippen LogP contribution in [0.4, 0.5) is 5.82 Å². The van der Waals surface area contributed by atoms with Crippen molar-refractivity contribution >= 4 is 50.5 Å². The van der Waals surface area contributed by atoms with Crippen molar-refractivity contribution in [2.45, 2.75) is 32.9 Å². The van der Waals surface area contributed by atoms with Crippen LogP contribution in [0.25, 0.3) is 11.2 Å². The number of aromatic nitrogens is 6. The molecule has 166 valence electrons. The lowest BCUT2D eigenvalue weighted by molar-refractivity contribution is 0.0689. The second-order valence-corrected chi connectivity index (χ2v) is 8.87. The largest absolute Gasteiger partial charge is 0.476 e. The van der Waals surface area contributed by atoms with Crippen molar-refractivity contribution in [3.63, 3.8) is 0 Å². The summed E-state index contributed by atoms with van der Waals surface area (Å²) in [5.74, 6) is -0.555. The number of rotatable bonds is 6. The van der Waals surface area contributed by atoms with Gasteiger partial charge in [0.15, 0.2) is 16.1 Å². The normalized spacial score (nSPS) is 12.5. The van der Waals surface area contributed by atoms with Gasteiger partial charge < -0.3 is 15.0 Å². The Hall–Kier alpha value is -2.98. The Labute approximate surface area is 197 Å². The molecule has 0 aliphatic carbocycles. The highest BCUT2D eigenvalue weighted by atomic mass is 79.9. The number of imidazole rings is 1. The van der Waals surface area contributed by atoms with E-state index >= 15 is 0 Å². The molecule has 3 heterocycles. The number of nitrogens with zero attached hydrogens (tertiary/aromatic N) is 6. The van der Waals surface area contributed by atoms with Crippen molar-refractivity contribution in [1.82, 2.24) is 29.5 Å². The fraction of sp³-hybridized carbons (Fsp3) is 0.286. The van der Waals surface area contributed by atoms with Gasteiger partial charge in [0.05, 0.1) is 11.7 Å². The van der Waals surface area contributed by atoms with E-state index in [4.69, 9.17) is 11.6 Å². The van der Waals surface area contributed by atoms with Crippen LogP contribution in [0.3, 0.4) is 0 Å². The minimum absolute atomic E-state index is 0.0435. The maximum Gasteiger partial charge on any atom is 0.356 e. The molecule has 0 spiro atoms. The molecule has 1 unspecified atom stereocenters. The number of carbonyl (C=O) groups is 1. The Morgan fingerprint density at radius 2 is 1.91 bits per heavy atom. The molecule has 0 aliphatic heterocycles.